The van der Waals surface area contributed by atoms with Gasteiger partial charge in [0, 0.05) is 30.3 Å². The zero-order valence-electron chi connectivity index (χ0n) is 11.0. The first kappa shape index (κ1) is 13.4. The van der Waals surface area contributed by atoms with Crippen LogP contribution in [0.1, 0.15) is 32.3 Å². The van der Waals surface area contributed by atoms with E-state index in [2.05, 4.69) is 12.1 Å². The van der Waals surface area contributed by atoms with Crippen molar-refractivity contribution in [3.63, 3.8) is 0 Å². The maximum Gasteiger partial charge on any atom is 0.223 e. The van der Waals surface area contributed by atoms with Crippen LogP contribution >= 0.6 is 11.6 Å². The van der Waals surface area contributed by atoms with E-state index in [9.17, 15) is 4.79 Å². The molecule has 2 rings (SSSR count). The van der Waals surface area contributed by atoms with E-state index >= 15 is 0 Å². The number of hydrogen-bond donors (Lipinski definition) is 0. The monoisotopic (exact) mass is 265 g/mol. The lowest BCUT2D eigenvalue weighted by Gasteiger charge is -2.23. The number of rotatable bonds is 5. The Kier molecular flexibility index (Phi) is 3.96. The lowest BCUT2D eigenvalue weighted by molar-refractivity contribution is -0.131. The topological polar surface area (TPSA) is 20.3 Å². The van der Waals surface area contributed by atoms with Crippen LogP contribution in [0.5, 0.6) is 0 Å². The van der Waals surface area contributed by atoms with Crippen molar-refractivity contribution in [2.24, 2.45) is 0 Å². The highest BCUT2D eigenvalue weighted by Gasteiger charge is 2.55. The molecule has 1 saturated carbocycles. The summed E-state index contributed by atoms with van der Waals surface area (Å²) in [5.41, 5.74) is 1.08. The highest BCUT2D eigenvalue weighted by atomic mass is 35.5. The average Bonchev–Trinajstić information content (AvgIpc) is 3.03. The zero-order chi connectivity index (χ0) is 13.2. The van der Waals surface area contributed by atoms with Gasteiger partial charge in [0.25, 0.3) is 0 Å². The van der Waals surface area contributed by atoms with Crippen LogP contribution in [0.15, 0.2) is 30.3 Å². The first-order valence-corrected chi connectivity index (χ1v) is 7.05. The minimum Gasteiger partial charge on any atom is -0.343 e. The van der Waals surface area contributed by atoms with Crippen LogP contribution in [-0.4, -0.2) is 29.3 Å². The lowest BCUT2D eigenvalue weighted by Crippen LogP contribution is -2.33. The number of carbonyl (C=O) groups is 1. The van der Waals surface area contributed by atoms with Crippen molar-refractivity contribution in [2.45, 2.75) is 37.5 Å². The number of nitrogens with zero attached hydrogens (tertiary/aromatic N) is 1. The molecular formula is C15H20ClNO. The Hall–Kier alpha value is -1.02. The normalized spacial score (nSPS) is 25.8. The fourth-order valence-corrected chi connectivity index (χ4v) is 3.05. The number of halogens is 1. The largest absolute Gasteiger partial charge is 0.343 e. The lowest BCUT2D eigenvalue weighted by atomic mass is 9.92. The molecule has 0 spiro atoms. The summed E-state index contributed by atoms with van der Waals surface area (Å²) in [6.45, 7) is 5.57. The molecule has 1 aliphatic carbocycles. The van der Waals surface area contributed by atoms with Gasteiger partial charge >= 0.3 is 0 Å². The van der Waals surface area contributed by atoms with Crippen LogP contribution in [0.4, 0.5) is 0 Å². The van der Waals surface area contributed by atoms with E-state index < -0.39 is 0 Å². The molecule has 0 heterocycles. The molecule has 1 amide bonds. The van der Waals surface area contributed by atoms with Gasteiger partial charge < -0.3 is 4.90 Å². The fourth-order valence-electron chi connectivity index (χ4n) is 2.57. The molecule has 1 aliphatic rings. The minimum absolute atomic E-state index is 0.0967. The molecule has 1 fully saturated rings. The van der Waals surface area contributed by atoms with Gasteiger partial charge in [0.2, 0.25) is 5.91 Å². The quantitative estimate of drug-likeness (QED) is 0.749. The highest BCUT2D eigenvalue weighted by Crippen LogP contribution is 2.54. The van der Waals surface area contributed by atoms with Crippen LogP contribution in [0.3, 0.4) is 0 Å². The Labute approximate surface area is 114 Å². The van der Waals surface area contributed by atoms with Gasteiger partial charge in [0.1, 0.15) is 0 Å². The van der Waals surface area contributed by atoms with E-state index in [-0.39, 0.29) is 16.7 Å². The Bertz CT molecular complexity index is 416. The van der Waals surface area contributed by atoms with Crippen molar-refractivity contribution in [2.75, 3.05) is 13.1 Å². The number of hydrogen-bond acceptors (Lipinski definition) is 1. The molecule has 0 radical (unpaired) electrons. The molecule has 0 aliphatic heterocycles. The Morgan fingerprint density at radius 3 is 2.33 bits per heavy atom. The summed E-state index contributed by atoms with van der Waals surface area (Å²) in [6.07, 6.45) is 1.44. The summed E-state index contributed by atoms with van der Waals surface area (Å²) in [4.78, 5) is 14.1. The molecule has 2 atom stereocenters. The van der Waals surface area contributed by atoms with Crippen molar-refractivity contribution < 1.29 is 4.79 Å². The maximum atomic E-state index is 12.2. The van der Waals surface area contributed by atoms with E-state index in [1.807, 2.05) is 36.9 Å². The Morgan fingerprint density at radius 2 is 1.89 bits per heavy atom. The number of carbonyl (C=O) groups excluding carboxylic acids is 1. The highest BCUT2D eigenvalue weighted by molar-refractivity contribution is 6.24. The third-order valence-electron chi connectivity index (χ3n) is 3.91. The molecular weight excluding hydrogens is 246 g/mol. The number of alkyl halides is 1. The van der Waals surface area contributed by atoms with Gasteiger partial charge in [-0.15, -0.1) is 11.6 Å². The second-order valence-electron chi connectivity index (χ2n) is 4.94. The Balaban J connectivity index is 2.14. The molecule has 0 aromatic heterocycles. The van der Waals surface area contributed by atoms with Crippen molar-refractivity contribution in [1.82, 2.24) is 4.90 Å². The minimum atomic E-state index is -0.123. The van der Waals surface area contributed by atoms with Crippen LogP contribution in [0.25, 0.3) is 0 Å². The van der Waals surface area contributed by atoms with Gasteiger partial charge in [0.15, 0.2) is 0 Å². The molecule has 2 nitrogen and oxygen atoms in total. The summed E-state index contributed by atoms with van der Waals surface area (Å²) >= 11 is 6.31. The molecule has 0 N–H and O–H groups in total. The molecule has 0 saturated heterocycles. The van der Waals surface area contributed by atoms with Gasteiger partial charge in [0.05, 0.1) is 0 Å². The van der Waals surface area contributed by atoms with Gasteiger partial charge in [-0.25, -0.2) is 0 Å². The summed E-state index contributed by atoms with van der Waals surface area (Å²) in [6, 6.07) is 10.2. The molecule has 0 bridgehead atoms. The predicted molar refractivity (Wildman–Crippen MR) is 74.9 cm³/mol. The van der Waals surface area contributed by atoms with Crippen LogP contribution in [0, 0.1) is 0 Å². The predicted octanol–water partition coefficient (Wildman–Crippen LogP) is 3.19. The molecule has 1 aromatic rings. The first-order chi connectivity index (χ1) is 8.64. The van der Waals surface area contributed by atoms with E-state index in [4.69, 9.17) is 11.6 Å². The van der Waals surface area contributed by atoms with Crippen molar-refractivity contribution >= 4 is 17.5 Å². The first-order valence-electron chi connectivity index (χ1n) is 6.61. The molecule has 0 unspecified atom stereocenters. The smallest absolute Gasteiger partial charge is 0.223 e. The van der Waals surface area contributed by atoms with Crippen LogP contribution < -0.4 is 0 Å². The second-order valence-corrected chi connectivity index (χ2v) is 5.46. The summed E-state index contributed by atoms with van der Waals surface area (Å²) in [5.74, 6) is 0.215. The van der Waals surface area contributed by atoms with Crippen LogP contribution in [-0.2, 0) is 10.2 Å². The molecule has 18 heavy (non-hydrogen) atoms. The van der Waals surface area contributed by atoms with E-state index in [0.29, 0.717) is 6.42 Å². The third-order valence-corrected chi connectivity index (χ3v) is 4.49. The fraction of sp³-hybridized carbons (Fsp3) is 0.533. The third kappa shape index (κ3) is 2.39. The van der Waals surface area contributed by atoms with Crippen molar-refractivity contribution in [1.29, 1.82) is 0 Å². The second kappa shape index (κ2) is 5.31. The standard InChI is InChI=1S/C15H20ClNO/c1-3-17(4-2)14(18)11-15(10-13(15)16)12-8-6-5-7-9-12/h5-9,13H,3-4,10-11H2,1-2H3/t13-,15-/m0/s1. The number of amides is 1. The van der Waals surface area contributed by atoms with Gasteiger partial charge in [-0.1, -0.05) is 30.3 Å². The van der Waals surface area contributed by atoms with Crippen molar-refractivity contribution in [3.8, 4) is 0 Å². The summed E-state index contributed by atoms with van der Waals surface area (Å²) in [5, 5.41) is 0.0967. The van der Waals surface area contributed by atoms with Crippen molar-refractivity contribution in [3.05, 3.63) is 35.9 Å². The van der Waals surface area contributed by atoms with Gasteiger partial charge in [-0.3, -0.25) is 4.79 Å². The average molecular weight is 266 g/mol. The molecule has 1 aromatic carbocycles. The van der Waals surface area contributed by atoms with Crippen LogP contribution in [0.2, 0.25) is 0 Å². The molecule has 98 valence electrons. The van der Waals surface area contributed by atoms with E-state index in [1.54, 1.807) is 0 Å². The SMILES string of the molecule is CCN(CC)C(=O)C[C@]1(c2ccccc2)C[C@@H]1Cl. The van der Waals surface area contributed by atoms with E-state index in [0.717, 1.165) is 19.5 Å². The summed E-state index contributed by atoms with van der Waals surface area (Å²) in [7, 11) is 0. The van der Waals surface area contributed by atoms with Gasteiger partial charge in [-0.2, -0.15) is 0 Å². The number of benzene rings is 1. The maximum absolute atomic E-state index is 12.2. The summed E-state index contributed by atoms with van der Waals surface area (Å²) < 4.78 is 0. The Morgan fingerprint density at radius 1 is 1.33 bits per heavy atom. The zero-order valence-corrected chi connectivity index (χ0v) is 11.8. The molecule has 3 heteroatoms. The van der Waals surface area contributed by atoms with Gasteiger partial charge in [-0.05, 0) is 25.8 Å². The van der Waals surface area contributed by atoms with E-state index in [1.165, 1.54) is 5.56 Å².